The van der Waals surface area contributed by atoms with Gasteiger partial charge in [-0.05, 0) is 53.8 Å². The maximum atomic E-state index is 11.8. The topological polar surface area (TPSA) is 43.4 Å². The van der Waals surface area contributed by atoms with E-state index >= 15 is 0 Å². The lowest BCUT2D eigenvalue weighted by Crippen LogP contribution is -2.14. The first kappa shape index (κ1) is 14.2. The normalized spacial score (nSPS) is 10.2. The molecular weight excluding hydrogens is 375 g/mol. The van der Waals surface area contributed by atoms with Crippen molar-refractivity contribution in [3.8, 4) is 0 Å². The molecular formula is C14H11IO3S. The molecule has 0 saturated carbocycles. The molecule has 19 heavy (non-hydrogen) atoms. The zero-order valence-corrected chi connectivity index (χ0v) is 13.2. The second-order valence-corrected chi connectivity index (χ2v) is 6.34. The molecule has 0 radical (unpaired) electrons. The van der Waals surface area contributed by atoms with Crippen LogP contribution in [-0.4, -0.2) is 18.4 Å². The highest BCUT2D eigenvalue weighted by Crippen LogP contribution is 2.16. The molecule has 98 valence electrons. The largest absolute Gasteiger partial charge is 0.454 e. The van der Waals surface area contributed by atoms with Crippen molar-refractivity contribution in [1.82, 2.24) is 0 Å². The average Bonchev–Trinajstić information content (AvgIpc) is 2.83. The zero-order valence-electron chi connectivity index (χ0n) is 10.2. The molecule has 1 heterocycles. The number of hydrogen-bond donors (Lipinski definition) is 0. The van der Waals surface area contributed by atoms with E-state index in [0.29, 0.717) is 10.4 Å². The summed E-state index contributed by atoms with van der Waals surface area (Å²) >= 11 is 3.47. The quantitative estimate of drug-likeness (QED) is 0.457. The number of benzene rings is 1. The van der Waals surface area contributed by atoms with Crippen LogP contribution in [0.25, 0.3) is 0 Å². The van der Waals surface area contributed by atoms with Crippen LogP contribution in [0.3, 0.4) is 0 Å². The summed E-state index contributed by atoms with van der Waals surface area (Å²) in [5.74, 6) is -0.635. The Hall–Kier alpha value is -1.21. The van der Waals surface area contributed by atoms with Crippen molar-refractivity contribution < 1.29 is 14.3 Å². The Balaban J connectivity index is 1.98. The number of carbonyl (C=O) groups excluding carboxylic acids is 2. The van der Waals surface area contributed by atoms with Gasteiger partial charge >= 0.3 is 5.97 Å². The van der Waals surface area contributed by atoms with Gasteiger partial charge in [-0.1, -0.05) is 12.1 Å². The Labute approximate surface area is 128 Å². The van der Waals surface area contributed by atoms with E-state index in [-0.39, 0.29) is 12.4 Å². The molecule has 2 aromatic rings. The fourth-order valence-electron chi connectivity index (χ4n) is 1.49. The van der Waals surface area contributed by atoms with Gasteiger partial charge in [0.2, 0.25) is 5.78 Å². The van der Waals surface area contributed by atoms with Crippen LogP contribution in [0.1, 0.15) is 24.9 Å². The number of thiophene rings is 1. The number of esters is 1. The summed E-state index contributed by atoms with van der Waals surface area (Å²) in [4.78, 5) is 25.3. The van der Waals surface area contributed by atoms with Crippen LogP contribution >= 0.6 is 33.9 Å². The van der Waals surface area contributed by atoms with Crippen LogP contribution in [0.15, 0.2) is 36.4 Å². The van der Waals surface area contributed by atoms with E-state index < -0.39 is 5.97 Å². The van der Waals surface area contributed by atoms with E-state index in [1.54, 1.807) is 18.2 Å². The minimum absolute atomic E-state index is 0.169. The highest BCUT2D eigenvalue weighted by Gasteiger charge is 2.14. The molecule has 0 amide bonds. The zero-order chi connectivity index (χ0) is 13.8. The molecule has 2 rings (SSSR count). The van der Waals surface area contributed by atoms with E-state index in [4.69, 9.17) is 4.74 Å². The first-order valence-electron chi connectivity index (χ1n) is 5.59. The Morgan fingerprint density at radius 2 is 1.95 bits per heavy atom. The third-order valence-electron chi connectivity index (χ3n) is 2.44. The summed E-state index contributed by atoms with van der Waals surface area (Å²) in [5.41, 5.74) is 0.485. The van der Waals surface area contributed by atoms with Crippen LogP contribution in [0.4, 0.5) is 0 Å². The monoisotopic (exact) mass is 386 g/mol. The first-order valence-corrected chi connectivity index (χ1v) is 7.49. The number of ketones is 1. The predicted octanol–water partition coefficient (Wildman–Crippen LogP) is 3.70. The Kier molecular flexibility index (Phi) is 4.71. The van der Waals surface area contributed by atoms with Gasteiger partial charge in [-0.2, -0.15) is 0 Å². The summed E-state index contributed by atoms with van der Waals surface area (Å²) in [5, 5.41) is 0. The van der Waals surface area contributed by atoms with Gasteiger partial charge in [0.15, 0.2) is 6.61 Å². The second kappa shape index (κ2) is 6.29. The van der Waals surface area contributed by atoms with Crippen molar-refractivity contribution in [2.45, 2.75) is 6.92 Å². The fourth-order valence-corrected chi connectivity index (χ4v) is 2.89. The van der Waals surface area contributed by atoms with E-state index in [9.17, 15) is 9.59 Å². The molecule has 0 spiro atoms. The number of halogens is 1. The first-order chi connectivity index (χ1) is 9.08. The Morgan fingerprint density at radius 3 is 2.58 bits per heavy atom. The van der Waals surface area contributed by atoms with Gasteiger partial charge in [-0.3, -0.25) is 4.79 Å². The third-order valence-corrected chi connectivity index (χ3v) is 4.43. The van der Waals surface area contributed by atoms with Gasteiger partial charge in [0, 0.05) is 8.45 Å². The minimum Gasteiger partial charge on any atom is -0.454 e. The maximum Gasteiger partial charge on any atom is 0.339 e. The molecule has 0 bridgehead atoms. The van der Waals surface area contributed by atoms with Gasteiger partial charge in [0.1, 0.15) is 0 Å². The lowest BCUT2D eigenvalue weighted by Gasteiger charge is -2.04. The van der Waals surface area contributed by atoms with Crippen LogP contribution < -0.4 is 0 Å². The summed E-state index contributed by atoms with van der Waals surface area (Å²) in [6.07, 6.45) is 0. The van der Waals surface area contributed by atoms with Crippen LogP contribution in [0.5, 0.6) is 0 Å². The number of carbonyl (C=O) groups is 2. The van der Waals surface area contributed by atoms with Crippen LogP contribution in [0.2, 0.25) is 0 Å². The molecule has 1 aromatic carbocycles. The maximum absolute atomic E-state index is 11.8. The second-order valence-electron chi connectivity index (χ2n) is 3.89. The molecule has 0 unspecified atom stereocenters. The van der Waals surface area contributed by atoms with Gasteiger partial charge < -0.3 is 4.74 Å². The lowest BCUT2D eigenvalue weighted by atomic mass is 10.2. The summed E-state index contributed by atoms with van der Waals surface area (Å²) in [6, 6.07) is 10.7. The number of aryl methyl sites for hydroxylation is 1. The molecule has 0 aliphatic carbocycles. The molecule has 0 fully saturated rings. The molecule has 0 aliphatic heterocycles. The molecule has 3 nitrogen and oxygen atoms in total. The van der Waals surface area contributed by atoms with Gasteiger partial charge in [-0.15, -0.1) is 11.3 Å². The van der Waals surface area contributed by atoms with E-state index in [2.05, 4.69) is 22.6 Å². The minimum atomic E-state index is -0.466. The molecule has 0 aliphatic rings. The van der Waals surface area contributed by atoms with Crippen LogP contribution in [-0.2, 0) is 4.74 Å². The summed E-state index contributed by atoms with van der Waals surface area (Å²) in [6.45, 7) is 1.71. The molecule has 5 heteroatoms. The smallest absolute Gasteiger partial charge is 0.339 e. The van der Waals surface area contributed by atoms with Crippen molar-refractivity contribution in [1.29, 1.82) is 0 Å². The van der Waals surface area contributed by atoms with Crippen molar-refractivity contribution in [3.05, 3.63) is 55.3 Å². The average molecular weight is 386 g/mol. The summed E-state index contributed by atoms with van der Waals surface area (Å²) < 4.78 is 5.86. The number of hydrogen-bond acceptors (Lipinski definition) is 4. The highest BCUT2D eigenvalue weighted by molar-refractivity contribution is 14.1. The Morgan fingerprint density at radius 1 is 1.21 bits per heavy atom. The van der Waals surface area contributed by atoms with Gasteiger partial charge in [0.05, 0.1) is 10.4 Å². The van der Waals surface area contributed by atoms with E-state index in [1.807, 2.05) is 25.1 Å². The molecule has 0 N–H and O–H groups in total. The molecule has 1 aromatic heterocycles. The van der Waals surface area contributed by atoms with Crippen molar-refractivity contribution in [3.63, 3.8) is 0 Å². The van der Waals surface area contributed by atoms with E-state index in [1.165, 1.54) is 11.3 Å². The van der Waals surface area contributed by atoms with E-state index in [0.717, 1.165) is 8.45 Å². The van der Waals surface area contributed by atoms with Crippen molar-refractivity contribution >= 4 is 45.7 Å². The fraction of sp³-hybridized carbons (Fsp3) is 0.143. The van der Waals surface area contributed by atoms with Crippen molar-refractivity contribution in [2.24, 2.45) is 0 Å². The van der Waals surface area contributed by atoms with Crippen molar-refractivity contribution in [2.75, 3.05) is 6.61 Å². The Bertz CT molecular complexity index is 619. The number of Topliss-reactive ketones (excluding diaryl/α,β-unsaturated/α-hetero) is 1. The number of rotatable bonds is 4. The van der Waals surface area contributed by atoms with Gasteiger partial charge in [-0.25, -0.2) is 4.79 Å². The molecule has 0 saturated heterocycles. The third kappa shape index (κ3) is 3.63. The number of ether oxygens (including phenoxy) is 1. The standard InChI is InChI=1S/C14H11IO3S/c1-9-6-7-13(19-9)12(16)8-18-14(17)10-4-2-3-5-11(10)15/h2-7H,8H2,1H3. The predicted molar refractivity (Wildman–Crippen MR) is 82.8 cm³/mol. The summed E-state index contributed by atoms with van der Waals surface area (Å²) in [7, 11) is 0. The lowest BCUT2D eigenvalue weighted by molar-refractivity contribution is 0.0475. The van der Waals surface area contributed by atoms with Gasteiger partial charge in [0.25, 0.3) is 0 Å². The highest BCUT2D eigenvalue weighted by atomic mass is 127. The SMILES string of the molecule is Cc1ccc(C(=O)COC(=O)c2ccccc2I)s1. The molecule has 0 atom stereocenters. The van der Waals surface area contributed by atoms with Crippen LogP contribution in [0, 0.1) is 10.5 Å².